The summed E-state index contributed by atoms with van der Waals surface area (Å²) in [5.74, 6) is -0.0968. The number of carbonyl (C=O) groups is 1. The molecule has 0 unspecified atom stereocenters. The van der Waals surface area contributed by atoms with E-state index in [1.165, 1.54) is 16.9 Å². The highest BCUT2D eigenvalue weighted by Crippen LogP contribution is 2.08. The van der Waals surface area contributed by atoms with Crippen molar-refractivity contribution in [2.75, 3.05) is 32.8 Å². The number of aromatic nitrogens is 1. The lowest BCUT2D eigenvalue weighted by Crippen LogP contribution is -2.48. The molecule has 1 aromatic heterocycles. The van der Waals surface area contributed by atoms with Crippen LogP contribution in [0.4, 0.5) is 0 Å². The molecule has 1 amide bonds. The number of carbonyl (C=O) groups excluding carboxylic acids is 1. The van der Waals surface area contributed by atoms with Crippen LogP contribution in [0.1, 0.15) is 16.1 Å². The summed E-state index contributed by atoms with van der Waals surface area (Å²) in [7, 11) is 0. The Labute approximate surface area is 140 Å². The van der Waals surface area contributed by atoms with Crippen molar-refractivity contribution in [3.63, 3.8) is 0 Å². The molecule has 5 nitrogen and oxygen atoms in total. The average Bonchev–Trinajstić information content (AvgIpc) is 3.11. The zero-order valence-electron chi connectivity index (χ0n) is 13.0. The lowest BCUT2D eigenvalue weighted by atomic mass is 10.0. The second kappa shape index (κ2) is 8.19. The number of hydrogen-bond donors (Lipinski definition) is 1. The molecule has 1 aliphatic heterocycles. The standard InChI is InChI=1S/C17H21N3O2S/c21-17(16-12-23-13-18-16)19-15(10-14-4-2-1-3-5-14)11-20-6-8-22-9-7-20/h1-5,12-13,15H,6-11H2,(H,19,21)/t15-/m1/s1. The molecule has 122 valence electrons. The van der Waals surface area contributed by atoms with Crippen LogP contribution < -0.4 is 5.32 Å². The molecule has 0 aliphatic carbocycles. The summed E-state index contributed by atoms with van der Waals surface area (Å²) < 4.78 is 5.40. The molecule has 2 heterocycles. The molecule has 1 aliphatic rings. The summed E-state index contributed by atoms with van der Waals surface area (Å²) in [5.41, 5.74) is 3.41. The van der Waals surface area contributed by atoms with Gasteiger partial charge in [-0.05, 0) is 12.0 Å². The van der Waals surface area contributed by atoms with E-state index in [4.69, 9.17) is 4.74 Å². The highest BCUT2D eigenvalue weighted by atomic mass is 32.1. The molecule has 0 spiro atoms. The number of nitrogens with one attached hydrogen (secondary N) is 1. The molecule has 0 saturated carbocycles. The fourth-order valence-corrected chi connectivity index (χ4v) is 3.27. The van der Waals surface area contributed by atoms with Crippen LogP contribution in [0.25, 0.3) is 0 Å². The van der Waals surface area contributed by atoms with E-state index in [2.05, 4.69) is 27.3 Å². The Kier molecular flexibility index (Phi) is 5.74. The van der Waals surface area contributed by atoms with E-state index in [-0.39, 0.29) is 11.9 Å². The molecular formula is C17H21N3O2S. The Morgan fingerprint density at radius 3 is 2.78 bits per heavy atom. The first-order valence-corrected chi connectivity index (χ1v) is 8.78. The van der Waals surface area contributed by atoms with Crippen LogP contribution in [0.15, 0.2) is 41.2 Å². The van der Waals surface area contributed by atoms with Crippen molar-refractivity contribution in [2.24, 2.45) is 0 Å². The second-order valence-electron chi connectivity index (χ2n) is 5.65. The Hall–Kier alpha value is -1.76. The highest BCUT2D eigenvalue weighted by molar-refractivity contribution is 7.07. The highest BCUT2D eigenvalue weighted by Gasteiger charge is 2.20. The van der Waals surface area contributed by atoms with Gasteiger partial charge in [0.2, 0.25) is 0 Å². The van der Waals surface area contributed by atoms with E-state index in [9.17, 15) is 4.79 Å². The predicted molar refractivity (Wildman–Crippen MR) is 90.8 cm³/mol. The van der Waals surface area contributed by atoms with Gasteiger partial charge in [0.25, 0.3) is 5.91 Å². The van der Waals surface area contributed by atoms with Crippen LogP contribution in [0.3, 0.4) is 0 Å². The van der Waals surface area contributed by atoms with Gasteiger partial charge in [0, 0.05) is 31.1 Å². The van der Waals surface area contributed by atoms with Crippen molar-refractivity contribution in [1.29, 1.82) is 0 Å². The summed E-state index contributed by atoms with van der Waals surface area (Å²) in [5, 5.41) is 4.92. The summed E-state index contributed by atoms with van der Waals surface area (Å²) >= 11 is 1.44. The predicted octanol–water partition coefficient (Wildman–Crippen LogP) is 1.82. The monoisotopic (exact) mass is 331 g/mol. The number of amides is 1. The second-order valence-corrected chi connectivity index (χ2v) is 6.37. The molecule has 0 bridgehead atoms. The summed E-state index contributed by atoms with van der Waals surface area (Å²) in [6.07, 6.45) is 0.814. The minimum atomic E-state index is -0.0968. The van der Waals surface area contributed by atoms with Gasteiger partial charge in [0.1, 0.15) is 5.69 Å². The lowest BCUT2D eigenvalue weighted by molar-refractivity contribution is 0.0333. The van der Waals surface area contributed by atoms with Crippen LogP contribution in [0.5, 0.6) is 0 Å². The van der Waals surface area contributed by atoms with E-state index in [0.717, 1.165) is 39.3 Å². The Morgan fingerprint density at radius 2 is 2.09 bits per heavy atom. The van der Waals surface area contributed by atoms with E-state index in [0.29, 0.717) is 5.69 Å². The van der Waals surface area contributed by atoms with Gasteiger partial charge in [-0.2, -0.15) is 0 Å². The Balaban J connectivity index is 1.65. The number of ether oxygens (including phenoxy) is 1. The first-order chi connectivity index (χ1) is 11.3. The lowest BCUT2D eigenvalue weighted by Gasteiger charge is -2.30. The minimum absolute atomic E-state index is 0.0599. The number of thiazole rings is 1. The van der Waals surface area contributed by atoms with E-state index >= 15 is 0 Å². The fourth-order valence-electron chi connectivity index (χ4n) is 2.74. The maximum atomic E-state index is 12.3. The van der Waals surface area contributed by atoms with Crippen molar-refractivity contribution < 1.29 is 9.53 Å². The molecule has 2 aromatic rings. The first-order valence-electron chi connectivity index (χ1n) is 7.84. The number of morpholine rings is 1. The van der Waals surface area contributed by atoms with Crippen LogP contribution >= 0.6 is 11.3 Å². The summed E-state index contributed by atoms with van der Waals surface area (Å²) in [6, 6.07) is 10.3. The number of nitrogens with zero attached hydrogens (tertiary/aromatic N) is 2. The zero-order valence-corrected chi connectivity index (χ0v) is 13.8. The molecule has 1 saturated heterocycles. The third kappa shape index (κ3) is 4.86. The van der Waals surface area contributed by atoms with Crippen LogP contribution in [-0.2, 0) is 11.2 Å². The molecule has 1 fully saturated rings. The van der Waals surface area contributed by atoms with E-state index in [1.807, 2.05) is 18.2 Å². The molecule has 1 atom stereocenters. The van der Waals surface area contributed by atoms with Gasteiger partial charge in [0.05, 0.1) is 18.7 Å². The van der Waals surface area contributed by atoms with Crippen LogP contribution in [0.2, 0.25) is 0 Å². The average molecular weight is 331 g/mol. The number of rotatable bonds is 6. The molecule has 23 heavy (non-hydrogen) atoms. The van der Waals surface area contributed by atoms with Gasteiger partial charge in [-0.25, -0.2) is 4.98 Å². The van der Waals surface area contributed by atoms with Gasteiger partial charge in [-0.3, -0.25) is 9.69 Å². The SMILES string of the molecule is O=C(N[C@H](Cc1ccccc1)CN1CCOCC1)c1cscn1. The largest absolute Gasteiger partial charge is 0.379 e. The van der Waals surface area contributed by atoms with Crippen molar-refractivity contribution in [3.05, 3.63) is 52.5 Å². The van der Waals surface area contributed by atoms with Crippen LogP contribution in [0, 0.1) is 0 Å². The molecule has 1 aromatic carbocycles. The molecule has 1 N–H and O–H groups in total. The molecular weight excluding hydrogens is 310 g/mol. The maximum absolute atomic E-state index is 12.3. The zero-order chi connectivity index (χ0) is 15.9. The first kappa shape index (κ1) is 16.1. The third-order valence-corrected chi connectivity index (χ3v) is 4.49. The molecule has 6 heteroatoms. The van der Waals surface area contributed by atoms with Gasteiger partial charge in [0.15, 0.2) is 0 Å². The van der Waals surface area contributed by atoms with E-state index < -0.39 is 0 Å². The third-order valence-electron chi connectivity index (χ3n) is 3.91. The van der Waals surface area contributed by atoms with Crippen molar-refractivity contribution in [1.82, 2.24) is 15.2 Å². The van der Waals surface area contributed by atoms with E-state index in [1.54, 1.807) is 10.9 Å². The minimum Gasteiger partial charge on any atom is -0.379 e. The molecule has 3 rings (SSSR count). The van der Waals surface area contributed by atoms with Crippen LogP contribution in [-0.4, -0.2) is 54.7 Å². The topological polar surface area (TPSA) is 54.5 Å². The summed E-state index contributed by atoms with van der Waals surface area (Å²) in [4.78, 5) is 18.8. The van der Waals surface area contributed by atoms with Gasteiger partial charge < -0.3 is 10.1 Å². The van der Waals surface area contributed by atoms with Gasteiger partial charge >= 0.3 is 0 Å². The Bertz CT molecular complexity index is 598. The smallest absolute Gasteiger partial charge is 0.271 e. The van der Waals surface area contributed by atoms with Gasteiger partial charge in [-0.1, -0.05) is 30.3 Å². The molecule has 0 radical (unpaired) electrons. The normalized spacial score (nSPS) is 16.9. The maximum Gasteiger partial charge on any atom is 0.271 e. The fraction of sp³-hybridized carbons (Fsp3) is 0.412. The summed E-state index contributed by atoms with van der Waals surface area (Å²) in [6.45, 7) is 4.18. The van der Waals surface area contributed by atoms with Crippen molar-refractivity contribution in [3.8, 4) is 0 Å². The van der Waals surface area contributed by atoms with Crippen molar-refractivity contribution >= 4 is 17.2 Å². The number of hydrogen-bond acceptors (Lipinski definition) is 5. The number of benzene rings is 1. The quantitative estimate of drug-likeness (QED) is 0.877. The van der Waals surface area contributed by atoms with Gasteiger partial charge in [-0.15, -0.1) is 11.3 Å². The van der Waals surface area contributed by atoms with Crippen molar-refractivity contribution in [2.45, 2.75) is 12.5 Å². The Morgan fingerprint density at radius 1 is 1.30 bits per heavy atom.